The Balaban J connectivity index is 1.74. The number of hydrogen-bond donors (Lipinski definition) is 0. The Morgan fingerprint density at radius 1 is 1.12 bits per heavy atom. The van der Waals surface area contributed by atoms with Gasteiger partial charge in [0.05, 0.1) is 13.4 Å². The average Bonchev–Trinajstić information content (AvgIpc) is 3.14. The number of imidazole rings is 1. The molecule has 0 aliphatic carbocycles. The summed E-state index contributed by atoms with van der Waals surface area (Å²) in [5.41, 5.74) is 1.31. The number of nitrogens with zero attached hydrogens (tertiary/aromatic N) is 2. The van der Waals surface area contributed by atoms with Gasteiger partial charge < -0.3 is 9.30 Å². The maximum atomic E-state index is 6.00. The Hall–Kier alpha value is -1.91. The quantitative estimate of drug-likeness (QED) is 0.462. The van der Waals surface area contributed by atoms with Crippen molar-refractivity contribution < 1.29 is 4.74 Å². The lowest BCUT2D eigenvalue weighted by atomic mass is 10.00. The van der Waals surface area contributed by atoms with Gasteiger partial charge in [-0.15, -0.1) is 11.8 Å². The van der Waals surface area contributed by atoms with Crippen LogP contribution in [0.5, 0.6) is 5.75 Å². The van der Waals surface area contributed by atoms with Crippen LogP contribution in [-0.2, 0) is 13.0 Å². The van der Waals surface area contributed by atoms with E-state index in [0.717, 1.165) is 30.2 Å². The number of halogens is 1. The van der Waals surface area contributed by atoms with Gasteiger partial charge in [-0.05, 0) is 61.7 Å². The maximum absolute atomic E-state index is 6.00. The largest absolute Gasteiger partial charge is 0.497 e. The molecule has 0 radical (unpaired) electrons. The summed E-state index contributed by atoms with van der Waals surface area (Å²) < 4.78 is 7.45. The van der Waals surface area contributed by atoms with E-state index in [9.17, 15) is 0 Å². The fourth-order valence-corrected chi connectivity index (χ4v) is 4.30. The average molecular weight is 387 g/mol. The van der Waals surface area contributed by atoms with Gasteiger partial charge in [0.25, 0.3) is 0 Å². The van der Waals surface area contributed by atoms with Gasteiger partial charge in [0.15, 0.2) is 0 Å². The van der Waals surface area contributed by atoms with Crippen LogP contribution in [0.2, 0.25) is 5.02 Å². The maximum Gasteiger partial charge on any atom is 0.118 e. The van der Waals surface area contributed by atoms with Crippen molar-refractivity contribution >= 4 is 23.4 Å². The first-order valence-electron chi connectivity index (χ1n) is 8.60. The Bertz CT molecular complexity index is 803. The third-order valence-electron chi connectivity index (χ3n) is 4.36. The van der Waals surface area contributed by atoms with E-state index in [2.05, 4.69) is 40.7 Å². The molecular formula is C21H23ClN2OS. The van der Waals surface area contributed by atoms with Gasteiger partial charge in [-0.2, -0.15) is 0 Å². The van der Waals surface area contributed by atoms with Gasteiger partial charge in [0.1, 0.15) is 5.75 Å². The van der Waals surface area contributed by atoms with E-state index in [4.69, 9.17) is 16.3 Å². The van der Waals surface area contributed by atoms with Gasteiger partial charge in [0.2, 0.25) is 0 Å². The molecule has 0 aliphatic rings. The third-order valence-corrected chi connectivity index (χ3v) is 5.94. The molecule has 136 valence electrons. The van der Waals surface area contributed by atoms with Crippen molar-refractivity contribution in [1.82, 2.24) is 9.55 Å². The molecule has 0 aliphatic heterocycles. The zero-order valence-corrected chi connectivity index (χ0v) is 16.6. The van der Waals surface area contributed by atoms with Crippen LogP contribution in [-0.4, -0.2) is 21.4 Å². The monoisotopic (exact) mass is 386 g/mol. The van der Waals surface area contributed by atoms with Crippen molar-refractivity contribution in [1.29, 1.82) is 0 Å². The molecule has 1 atom stereocenters. The van der Waals surface area contributed by atoms with Crippen LogP contribution in [0.4, 0.5) is 0 Å². The van der Waals surface area contributed by atoms with E-state index in [0.29, 0.717) is 0 Å². The number of methoxy groups -OCH3 is 1. The van der Waals surface area contributed by atoms with Crippen molar-refractivity contribution in [2.24, 2.45) is 0 Å². The molecule has 1 unspecified atom stereocenters. The molecule has 5 heteroatoms. The number of thioether (sulfide) groups is 1. The Morgan fingerprint density at radius 3 is 2.46 bits per heavy atom. The van der Waals surface area contributed by atoms with Crippen LogP contribution < -0.4 is 4.74 Å². The van der Waals surface area contributed by atoms with Crippen molar-refractivity contribution in [2.45, 2.75) is 36.0 Å². The number of hydrogen-bond acceptors (Lipinski definition) is 3. The Labute approximate surface area is 164 Å². The minimum absolute atomic E-state index is 0.0366. The van der Waals surface area contributed by atoms with Crippen LogP contribution >= 0.6 is 23.4 Å². The van der Waals surface area contributed by atoms with Gasteiger partial charge in [-0.1, -0.05) is 23.7 Å². The van der Waals surface area contributed by atoms with Crippen molar-refractivity contribution in [3.63, 3.8) is 0 Å². The highest BCUT2D eigenvalue weighted by Gasteiger charge is 2.26. The molecule has 0 amide bonds. The predicted octanol–water partition coefficient (Wildman–Crippen LogP) is 5.73. The van der Waals surface area contributed by atoms with E-state index in [1.807, 2.05) is 54.7 Å². The second-order valence-corrected chi connectivity index (χ2v) is 8.69. The fourth-order valence-electron chi connectivity index (χ4n) is 2.92. The first-order valence-corrected chi connectivity index (χ1v) is 9.79. The summed E-state index contributed by atoms with van der Waals surface area (Å²) in [6.07, 6.45) is 7.79. The molecule has 0 saturated carbocycles. The fraction of sp³-hybridized carbons (Fsp3) is 0.286. The summed E-state index contributed by atoms with van der Waals surface area (Å²) >= 11 is 7.90. The van der Waals surface area contributed by atoms with Crippen molar-refractivity contribution in [2.75, 3.05) is 7.11 Å². The summed E-state index contributed by atoms with van der Waals surface area (Å²) in [5, 5.41) is 0.780. The van der Waals surface area contributed by atoms with Crippen LogP contribution in [0.1, 0.15) is 18.9 Å². The number of rotatable bonds is 8. The van der Waals surface area contributed by atoms with E-state index < -0.39 is 0 Å². The van der Waals surface area contributed by atoms with Crippen molar-refractivity contribution in [3.05, 3.63) is 77.8 Å². The molecule has 0 fully saturated rings. The summed E-state index contributed by atoms with van der Waals surface area (Å²) in [5.74, 6) is 0.881. The molecule has 3 rings (SSSR count). The minimum Gasteiger partial charge on any atom is -0.497 e. The Morgan fingerprint density at radius 2 is 1.85 bits per heavy atom. The lowest BCUT2D eigenvalue weighted by molar-refractivity contribution is 0.414. The summed E-state index contributed by atoms with van der Waals surface area (Å²) in [4.78, 5) is 5.43. The smallest absolute Gasteiger partial charge is 0.118 e. The van der Waals surface area contributed by atoms with E-state index in [1.54, 1.807) is 7.11 Å². The van der Waals surface area contributed by atoms with Crippen LogP contribution in [0, 0.1) is 0 Å². The second kappa shape index (κ2) is 8.65. The second-order valence-electron chi connectivity index (χ2n) is 6.59. The molecule has 26 heavy (non-hydrogen) atoms. The highest BCUT2D eigenvalue weighted by molar-refractivity contribution is 8.00. The van der Waals surface area contributed by atoms with Gasteiger partial charge in [0, 0.05) is 33.6 Å². The highest BCUT2D eigenvalue weighted by Crippen LogP contribution is 2.38. The standard InChI is InChI=1S/C21H23ClN2OS/c1-21(15-24-14-13-23-16-24,12-11-17-3-5-18(22)6-4-17)26-20-9-7-19(25-2)8-10-20/h3-10,13-14,16H,11-12,15H2,1-2H3. The molecule has 0 bridgehead atoms. The normalized spacial score (nSPS) is 13.3. The summed E-state index contributed by atoms with van der Waals surface area (Å²) in [6, 6.07) is 16.4. The lowest BCUT2D eigenvalue weighted by Gasteiger charge is -2.30. The summed E-state index contributed by atoms with van der Waals surface area (Å²) in [7, 11) is 1.69. The molecule has 3 aromatic rings. The zero-order valence-electron chi connectivity index (χ0n) is 15.1. The highest BCUT2D eigenvalue weighted by atomic mass is 35.5. The molecule has 3 nitrogen and oxygen atoms in total. The van der Waals surface area contributed by atoms with Gasteiger partial charge >= 0.3 is 0 Å². The zero-order chi connectivity index (χ0) is 18.4. The predicted molar refractivity (Wildman–Crippen MR) is 109 cm³/mol. The van der Waals surface area contributed by atoms with Crippen LogP contribution in [0.25, 0.3) is 0 Å². The van der Waals surface area contributed by atoms with Crippen LogP contribution in [0.15, 0.2) is 72.1 Å². The number of ether oxygens (including phenoxy) is 1. The summed E-state index contributed by atoms with van der Waals surface area (Å²) in [6.45, 7) is 3.22. The SMILES string of the molecule is COc1ccc(SC(C)(CCc2ccc(Cl)cc2)Cn2ccnc2)cc1. The topological polar surface area (TPSA) is 27.1 Å². The first kappa shape index (κ1) is 18.9. The molecule has 0 N–H and O–H groups in total. The Kier molecular flexibility index (Phi) is 6.28. The van der Waals surface area contributed by atoms with Gasteiger partial charge in [-0.3, -0.25) is 0 Å². The lowest BCUT2D eigenvalue weighted by Crippen LogP contribution is -2.27. The molecule has 1 heterocycles. The van der Waals surface area contributed by atoms with Crippen LogP contribution in [0.3, 0.4) is 0 Å². The molecule has 2 aromatic carbocycles. The van der Waals surface area contributed by atoms with E-state index in [1.165, 1.54) is 10.5 Å². The van der Waals surface area contributed by atoms with Gasteiger partial charge in [-0.25, -0.2) is 4.98 Å². The minimum atomic E-state index is 0.0366. The molecular weight excluding hydrogens is 364 g/mol. The molecule has 0 saturated heterocycles. The van der Waals surface area contributed by atoms with E-state index in [-0.39, 0.29) is 4.75 Å². The van der Waals surface area contributed by atoms with Crippen molar-refractivity contribution in [3.8, 4) is 5.75 Å². The third kappa shape index (κ3) is 5.29. The molecule has 0 spiro atoms. The number of aryl methyl sites for hydroxylation is 1. The van der Waals surface area contributed by atoms with E-state index >= 15 is 0 Å². The molecule has 1 aromatic heterocycles. The first-order chi connectivity index (χ1) is 12.6. The number of aromatic nitrogens is 2. The number of benzene rings is 2.